The number of fused-ring (bicyclic) bond motifs is 1. The van der Waals surface area contributed by atoms with Gasteiger partial charge in [-0.05, 0) is 37.3 Å². The first kappa shape index (κ1) is 14.5. The fourth-order valence-corrected chi connectivity index (χ4v) is 5.47. The Bertz CT molecular complexity index is 615. The van der Waals surface area contributed by atoms with Crippen LogP contribution in [0.5, 0.6) is 0 Å². The lowest BCUT2D eigenvalue weighted by molar-refractivity contribution is -0.130. The first-order valence-corrected chi connectivity index (χ1v) is 9.17. The van der Waals surface area contributed by atoms with Crippen LogP contribution in [0.4, 0.5) is 0 Å². The molecule has 114 valence electrons. The number of amides is 1. The van der Waals surface area contributed by atoms with Crippen LogP contribution in [0.25, 0.3) is 0 Å². The maximum absolute atomic E-state index is 12.2. The SMILES string of the molecule is O=C(CCCc1ccccn1)N1C[C@@H]2CCS(=O)(=O)[C@@H]2C1. The number of rotatable bonds is 4. The van der Waals surface area contributed by atoms with Crippen molar-refractivity contribution in [2.45, 2.75) is 30.9 Å². The zero-order valence-electron chi connectivity index (χ0n) is 11.9. The summed E-state index contributed by atoms with van der Waals surface area (Å²) in [7, 11) is -2.96. The standard InChI is InChI=1S/C15H20N2O3S/c18-15(6-3-5-13-4-1-2-8-16-13)17-10-12-7-9-21(19,20)14(12)11-17/h1-2,4,8,12,14H,3,5-7,9-11H2/t12-,14+/m0/s1. The van der Waals surface area contributed by atoms with Crippen LogP contribution in [0.3, 0.4) is 0 Å². The van der Waals surface area contributed by atoms with Crippen LogP contribution in [0, 0.1) is 5.92 Å². The van der Waals surface area contributed by atoms with Crippen molar-refractivity contribution in [1.29, 1.82) is 0 Å². The Morgan fingerprint density at radius 3 is 2.90 bits per heavy atom. The van der Waals surface area contributed by atoms with Gasteiger partial charge in [-0.1, -0.05) is 6.07 Å². The molecule has 2 aliphatic heterocycles. The fourth-order valence-electron chi connectivity index (χ4n) is 3.32. The van der Waals surface area contributed by atoms with Crippen LogP contribution in [0.1, 0.15) is 25.0 Å². The molecule has 3 heterocycles. The van der Waals surface area contributed by atoms with E-state index in [2.05, 4.69) is 4.98 Å². The molecule has 0 spiro atoms. The van der Waals surface area contributed by atoms with Gasteiger partial charge in [0, 0.05) is 31.4 Å². The second-order valence-corrected chi connectivity index (χ2v) is 8.27. The quantitative estimate of drug-likeness (QED) is 0.834. The number of carbonyl (C=O) groups excluding carboxylic acids is 1. The van der Waals surface area contributed by atoms with Gasteiger partial charge in [-0.15, -0.1) is 0 Å². The van der Waals surface area contributed by atoms with Crippen molar-refractivity contribution in [2.24, 2.45) is 5.92 Å². The summed E-state index contributed by atoms with van der Waals surface area (Å²) < 4.78 is 23.7. The van der Waals surface area contributed by atoms with Gasteiger partial charge < -0.3 is 4.90 Å². The van der Waals surface area contributed by atoms with Gasteiger partial charge in [0.1, 0.15) is 0 Å². The lowest BCUT2D eigenvalue weighted by atomic mass is 10.1. The molecule has 0 aromatic carbocycles. The smallest absolute Gasteiger partial charge is 0.222 e. The highest BCUT2D eigenvalue weighted by molar-refractivity contribution is 7.92. The number of aryl methyl sites for hydroxylation is 1. The van der Waals surface area contributed by atoms with Gasteiger partial charge in [0.05, 0.1) is 11.0 Å². The molecule has 3 rings (SSSR count). The second-order valence-electron chi connectivity index (χ2n) is 5.93. The van der Waals surface area contributed by atoms with Gasteiger partial charge in [0.25, 0.3) is 0 Å². The molecule has 2 aliphatic rings. The summed E-state index contributed by atoms with van der Waals surface area (Å²) in [6, 6.07) is 5.77. The minimum atomic E-state index is -2.96. The first-order chi connectivity index (χ1) is 10.1. The third-order valence-electron chi connectivity index (χ3n) is 4.52. The number of likely N-dealkylation sites (tertiary alicyclic amines) is 1. The van der Waals surface area contributed by atoms with E-state index in [0.29, 0.717) is 31.7 Å². The summed E-state index contributed by atoms with van der Waals surface area (Å²) in [5.74, 6) is 0.537. The average molecular weight is 308 g/mol. The molecule has 2 fully saturated rings. The van der Waals surface area contributed by atoms with Gasteiger partial charge in [-0.25, -0.2) is 8.42 Å². The van der Waals surface area contributed by atoms with E-state index in [1.54, 1.807) is 11.1 Å². The lowest BCUT2D eigenvalue weighted by Crippen LogP contribution is -2.31. The molecular weight excluding hydrogens is 288 g/mol. The number of carbonyl (C=O) groups is 1. The van der Waals surface area contributed by atoms with E-state index in [0.717, 1.165) is 18.5 Å². The van der Waals surface area contributed by atoms with E-state index < -0.39 is 9.84 Å². The Balaban J connectivity index is 1.49. The third-order valence-corrected chi connectivity index (χ3v) is 6.78. The van der Waals surface area contributed by atoms with Crippen molar-refractivity contribution in [1.82, 2.24) is 9.88 Å². The Kier molecular flexibility index (Phi) is 3.97. The zero-order valence-corrected chi connectivity index (χ0v) is 12.8. The fraction of sp³-hybridized carbons (Fsp3) is 0.600. The van der Waals surface area contributed by atoms with Crippen LogP contribution < -0.4 is 0 Å². The minimum absolute atomic E-state index is 0.0792. The van der Waals surface area contributed by atoms with E-state index in [-0.39, 0.29) is 17.1 Å². The van der Waals surface area contributed by atoms with Gasteiger partial charge in [0.2, 0.25) is 5.91 Å². The van der Waals surface area contributed by atoms with E-state index in [1.165, 1.54) is 0 Å². The highest BCUT2D eigenvalue weighted by atomic mass is 32.2. The monoisotopic (exact) mass is 308 g/mol. The molecule has 6 heteroatoms. The number of sulfone groups is 1. The molecule has 0 unspecified atom stereocenters. The zero-order chi connectivity index (χ0) is 14.9. The van der Waals surface area contributed by atoms with E-state index in [9.17, 15) is 13.2 Å². The van der Waals surface area contributed by atoms with Gasteiger partial charge in [-0.3, -0.25) is 9.78 Å². The molecule has 21 heavy (non-hydrogen) atoms. The van der Waals surface area contributed by atoms with E-state index in [1.807, 2.05) is 18.2 Å². The van der Waals surface area contributed by atoms with Crippen LogP contribution in [-0.4, -0.2) is 48.3 Å². The maximum atomic E-state index is 12.2. The summed E-state index contributed by atoms with van der Waals surface area (Å²) in [4.78, 5) is 18.2. The molecule has 1 amide bonds. The van der Waals surface area contributed by atoms with Crippen LogP contribution in [0.15, 0.2) is 24.4 Å². The van der Waals surface area contributed by atoms with Crippen LogP contribution in [-0.2, 0) is 21.1 Å². The number of hydrogen-bond donors (Lipinski definition) is 0. The predicted molar refractivity (Wildman–Crippen MR) is 79.4 cm³/mol. The van der Waals surface area contributed by atoms with Gasteiger partial charge in [-0.2, -0.15) is 0 Å². The molecule has 1 aromatic rings. The average Bonchev–Trinajstić information content (AvgIpc) is 3.01. The number of aromatic nitrogens is 1. The summed E-state index contributed by atoms with van der Waals surface area (Å²) in [6.45, 7) is 1.02. The second kappa shape index (κ2) is 5.75. The summed E-state index contributed by atoms with van der Waals surface area (Å²) >= 11 is 0. The normalized spacial score (nSPS) is 26.8. The molecule has 0 radical (unpaired) electrons. The Hall–Kier alpha value is -1.43. The highest BCUT2D eigenvalue weighted by Gasteiger charge is 2.47. The Morgan fingerprint density at radius 1 is 1.33 bits per heavy atom. The van der Waals surface area contributed by atoms with Crippen molar-refractivity contribution in [3.63, 3.8) is 0 Å². The summed E-state index contributed by atoms with van der Waals surface area (Å²) in [5.41, 5.74) is 0.992. The number of hydrogen-bond acceptors (Lipinski definition) is 4. The molecule has 0 saturated carbocycles. The molecule has 0 aliphatic carbocycles. The Labute approximate surface area is 125 Å². The Morgan fingerprint density at radius 2 is 2.19 bits per heavy atom. The van der Waals surface area contributed by atoms with E-state index >= 15 is 0 Å². The molecular formula is C15H20N2O3S. The number of nitrogens with zero attached hydrogens (tertiary/aromatic N) is 2. The summed E-state index contributed by atoms with van der Waals surface area (Å²) in [6.07, 6.45) is 4.48. The first-order valence-electron chi connectivity index (χ1n) is 7.45. The van der Waals surface area contributed by atoms with Crippen LogP contribution >= 0.6 is 0 Å². The van der Waals surface area contributed by atoms with Gasteiger partial charge in [0.15, 0.2) is 9.84 Å². The molecule has 0 N–H and O–H groups in total. The topological polar surface area (TPSA) is 67.3 Å². The van der Waals surface area contributed by atoms with Gasteiger partial charge >= 0.3 is 0 Å². The maximum Gasteiger partial charge on any atom is 0.222 e. The van der Waals surface area contributed by atoms with Crippen molar-refractivity contribution < 1.29 is 13.2 Å². The van der Waals surface area contributed by atoms with Crippen LogP contribution in [0.2, 0.25) is 0 Å². The summed E-state index contributed by atoms with van der Waals surface area (Å²) in [5, 5.41) is -0.308. The van der Waals surface area contributed by atoms with Crippen molar-refractivity contribution in [2.75, 3.05) is 18.8 Å². The molecule has 0 bridgehead atoms. The largest absolute Gasteiger partial charge is 0.341 e. The molecule has 2 saturated heterocycles. The minimum Gasteiger partial charge on any atom is -0.341 e. The van der Waals surface area contributed by atoms with E-state index in [4.69, 9.17) is 0 Å². The highest BCUT2D eigenvalue weighted by Crippen LogP contribution is 2.33. The molecule has 1 aromatic heterocycles. The molecule has 2 atom stereocenters. The number of pyridine rings is 1. The lowest BCUT2D eigenvalue weighted by Gasteiger charge is -2.17. The van der Waals surface area contributed by atoms with Crippen molar-refractivity contribution in [3.8, 4) is 0 Å². The van der Waals surface area contributed by atoms with Crippen molar-refractivity contribution in [3.05, 3.63) is 30.1 Å². The van der Waals surface area contributed by atoms with Crippen molar-refractivity contribution >= 4 is 15.7 Å². The molecule has 5 nitrogen and oxygen atoms in total. The third kappa shape index (κ3) is 3.10. The predicted octanol–water partition coefficient (Wildman–Crippen LogP) is 1.05.